The number of benzene rings is 1. The summed E-state index contributed by atoms with van der Waals surface area (Å²) in [4.78, 5) is 22.3. The summed E-state index contributed by atoms with van der Waals surface area (Å²) in [6.07, 6.45) is 3.60. The number of nitro groups is 1. The van der Waals surface area contributed by atoms with Crippen molar-refractivity contribution in [1.29, 1.82) is 0 Å². The van der Waals surface area contributed by atoms with Crippen LogP contribution in [0.3, 0.4) is 0 Å². The first-order valence-corrected chi connectivity index (χ1v) is 7.94. The van der Waals surface area contributed by atoms with E-state index in [1.165, 1.54) is 12.1 Å². The van der Waals surface area contributed by atoms with Gasteiger partial charge < -0.3 is 10.2 Å². The van der Waals surface area contributed by atoms with Gasteiger partial charge in [0.2, 0.25) is 0 Å². The summed E-state index contributed by atoms with van der Waals surface area (Å²) in [5.41, 5.74) is 0.308. The zero-order valence-corrected chi connectivity index (χ0v) is 13.3. The molecule has 23 heavy (non-hydrogen) atoms. The molecule has 0 heterocycles. The Morgan fingerprint density at radius 3 is 2.65 bits per heavy atom. The number of phenolic OH excluding ortho intramolecular Hbond substituents is 1. The van der Waals surface area contributed by atoms with Crippen LogP contribution in [0.2, 0.25) is 0 Å². The summed E-state index contributed by atoms with van der Waals surface area (Å²) in [5.74, 6) is -1.14. The van der Waals surface area contributed by atoms with E-state index in [1.54, 1.807) is 0 Å². The number of fused-ring (bicyclic) bond motifs is 3. The van der Waals surface area contributed by atoms with E-state index < -0.39 is 16.3 Å². The molecule has 6 heteroatoms. The minimum absolute atomic E-state index is 0.0328. The Hall–Kier alpha value is -2.11. The lowest BCUT2D eigenvalue weighted by Crippen LogP contribution is -2.52. The number of nitrogens with zero attached hydrogens (tertiary/aromatic N) is 1. The van der Waals surface area contributed by atoms with Crippen LogP contribution in [0.1, 0.15) is 50.7 Å². The van der Waals surface area contributed by atoms with Crippen LogP contribution in [0.25, 0.3) is 0 Å². The van der Waals surface area contributed by atoms with Crippen molar-refractivity contribution in [1.82, 2.24) is 0 Å². The Morgan fingerprint density at radius 1 is 1.35 bits per heavy atom. The Bertz CT molecular complexity index is 700. The van der Waals surface area contributed by atoms with Crippen LogP contribution in [0.15, 0.2) is 12.1 Å². The van der Waals surface area contributed by atoms with Crippen molar-refractivity contribution in [3.63, 3.8) is 0 Å². The molecule has 0 amide bonds. The number of carbonyl (C=O) groups is 1. The summed E-state index contributed by atoms with van der Waals surface area (Å²) < 4.78 is 0. The smallest absolute Gasteiger partial charge is 0.310 e. The second-order valence-electron chi connectivity index (χ2n) is 7.34. The maximum atomic E-state index is 11.9. The number of aliphatic carboxylic acids is 1. The van der Waals surface area contributed by atoms with Crippen LogP contribution in [-0.4, -0.2) is 21.1 Å². The number of carboxylic acid groups (broad SMARTS) is 1. The highest BCUT2D eigenvalue weighted by atomic mass is 16.6. The number of nitro benzene ring substituents is 1. The summed E-state index contributed by atoms with van der Waals surface area (Å²) in [5, 5.41) is 30.8. The molecular formula is C17H21NO5. The largest absolute Gasteiger partial charge is 0.502 e. The van der Waals surface area contributed by atoms with Crippen molar-refractivity contribution >= 4 is 11.7 Å². The molecule has 0 bridgehead atoms. The van der Waals surface area contributed by atoms with Gasteiger partial charge in [-0.3, -0.25) is 14.9 Å². The van der Waals surface area contributed by atoms with Gasteiger partial charge >= 0.3 is 11.7 Å². The molecule has 3 atom stereocenters. The fourth-order valence-electron chi connectivity index (χ4n) is 4.89. The zero-order chi connectivity index (χ0) is 17.0. The quantitative estimate of drug-likeness (QED) is 0.642. The Morgan fingerprint density at radius 2 is 2.04 bits per heavy atom. The molecule has 3 rings (SSSR count). The minimum atomic E-state index is -0.790. The van der Waals surface area contributed by atoms with Gasteiger partial charge in [0.1, 0.15) is 0 Å². The highest BCUT2D eigenvalue weighted by Crippen LogP contribution is 2.58. The van der Waals surface area contributed by atoms with Crippen molar-refractivity contribution in [2.45, 2.75) is 51.4 Å². The van der Waals surface area contributed by atoms with Crippen molar-refractivity contribution in [3.8, 4) is 5.75 Å². The second-order valence-corrected chi connectivity index (χ2v) is 7.34. The van der Waals surface area contributed by atoms with Crippen LogP contribution in [0.5, 0.6) is 5.75 Å². The third-order valence-corrected chi connectivity index (χ3v) is 6.13. The molecule has 2 aliphatic rings. The molecule has 0 unspecified atom stereocenters. The number of rotatable bonds is 2. The molecular weight excluding hydrogens is 298 g/mol. The minimum Gasteiger partial charge on any atom is -0.502 e. The molecule has 1 aromatic carbocycles. The standard InChI is InChI=1S/C17H21NO5/c1-16-6-3-7-17(2,15(20)21)14(16)5-4-10-8-12(18(22)23)13(19)9-11(10)16/h8-9,14,19H,3-7H2,1-2H3,(H,20,21)/t14-,16+,17+/m1/s1. The van der Waals surface area contributed by atoms with Gasteiger partial charge in [0, 0.05) is 6.07 Å². The van der Waals surface area contributed by atoms with E-state index >= 15 is 0 Å². The van der Waals surface area contributed by atoms with Crippen molar-refractivity contribution in [2.75, 3.05) is 0 Å². The first kappa shape index (κ1) is 15.8. The summed E-state index contributed by atoms with van der Waals surface area (Å²) in [6, 6.07) is 2.95. The van der Waals surface area contributed by atoms with E-state index in [1.807, 2.05) is 13.8 Å². The number of aryl methyl sites for hydroxylation is 1. The highest BCUT2D eigenvalue weighted by Gasteiger charge is 2.55. The molecule has 0 radical (unpaired) electrons. The van der Waals surface area contributed by atoms with Crippen LogP contribution in [-0.2, 0) is 16.6 Å². The van der Waals surface area contributed by atoms with Gasteiger partial charge in [0.25, 0.3) is 0 Å². The van der Waals surface area contributed by atoms with Crippen LogP contribution in [0.4, 0.5) is 5.69 Å². The van der Waals surface area contributed by atoms with Gasteiger partial charge in [-0.15, -0.1) is 0 Å². The van der Waals surface area contributed by atoms with Gasteiger partial charge in [0.15, 0.2) is 5.75 Å². The number of hydrogen-bond donors (Lipinski definition) is 2. The van der Waals surface area contributed by atoms with Crippen LogP contribution >= 0.6 is 0 Å². The number of phenols is 1. The average molecular weight is 319 g/mol. The van der Waals surface area contributed by atoms with E-state index in [-0.39, 0.29) is 22.8 Å². The van der Waals surface area contributed by atoms with Gasteiger partial charge in [-0.05, 0) is 61.1 Å². The van der Waals surface area contributed by atoms with Crippen LogP contribution in [0, 0.1) is 21.4 Å². The zero-order valence-electron chi connectivity index (χ0n) is 13.3. The lowest BCUT2D eigenvalue weighted by atomic mass is 9.50. The van der Waals surface area contributed by atoms with Crippen LogP contribution < -0.4 is 0 Å². The van der Waals surface area contributed by atoms with E-state index in [4.69, 9.17) is 0 Å². The topological polar surface area (TPSA) is 101 Å². The van der Waals surface area contributed by atoms with Gasteiger partial charge in [-0.25, -0.2) is 0 Å². The Kier molecular flexibility index (Phi) is 3.39. The summed E-state index contributed by atoms with van der Waals surface area (Å²) in [6.45, 7) is 3.86. The monoisotopic (exact) mass is 319 g/mol. The first-order chi connectivity index (χ1) is 10.7. The maximum absolute atomic E-state index is 11.9. The maximum Gasteiger partial charge on any atom is 0.310 e. The Balaban J connectivity index is 2.15. The second kappa shape index (κ2) is 4.94. The SMILES string of the molecule is C[C@@]12CCC[C@](C)(C(=O)O)[C@@H]1CCc1cc([N+](=O)[O-])c(O)cc12. The average Bonchev–Trinajstić information content (AvgIpc) is 2.46. The number of hydrogen-bond acceptors (Lipinski definition) is 4. The van der Waals surface area contributed by atoms with Crippen molar-refractivity contribution < 1.29 is 19.9 Å². The molecule has 1 fully saturated rings. The number of carboxylic acids is 1. The van der Waals surface area contributed by atoms with E-state index in [9.17, 15) is 25.1 Å². The summed E-state index contributed by atoms with van der Waals surface area (Å²) in [7, 11) is 0. The molecule has 6 nitrogen and oxygen atoms in total. The molecule has 124 valence electrons. The lowest BCUT2D eigenvalue weighted by Gasteiger charge is -2.53. The highest BCUT2D eigenvalue weighted by molar-refractivity contribution is 5.75. The van der Waals surface area contributed by atoms with Gasteiger partial charge in [0.05, 0.1) is 10.3 Å². The predicted octanol–water partition coefficient (Wildman–Crippen LogP) is 3.40. The fourth-order valence-corrected chi connectivity index (χ4v) is 4.89. The van der Waals surface area contributed by atoms with E-state index in [2.05, 4.69) is 0 Å². The van der Waals surface area contributed by atoms with Gasteiger partial charge in [-0.1, -0.05) is 13.3 Å². The normalized spacial score (nSPS) is 32.7. The third kappa shape index (κ3) is 2.11. The molecule has 1 aromatic rings. The molecule has 0 saturated heterocycles. The van der Waals surface area contributed by atoms with E-state index in [0.717, 1.165) is 24.0 Å². The molecule has 2 aliphatic carbocycles. The molecule has 1 saturated carbocycles. The summed E-state index contributed by atoms with van der Waals surface area (Å²) >= 11 is 0. The third-order valence-electron chi connectivity index (χ3n) is 6.13. The molecule has 0 aromatic heterocycles. The lowest BCUT2D eigenvalue weighted by molar-refractivity contribution is -0.386. The van der Waals surface area contributed by atoms with Crippen molar-refractivity contribution in [3.05, 3.63) is 33.4 Å². The van der Waals surface area contributed by atoms with Crippen molar-refractivity contribution in [2.24, 2.45) is 11.3 Å². The molecule has 0 aliphatic heterocycles. The number of aromatic hydroxyl groups is 1. The fraction of sp³-hybridized carbons (Fsp3) is 0.588. The first-order valence-electron chi connectivity index (χ1n) is 7.94. The molecule has 0 spiro atoms. The molecule has 2 N–H and O–H groups in total. The van der Waals surface area contributed by atoms with E-state index in [0.29, 0.717) is 19.3 Å². The predicted molar refractivity (Wildman–Crippen MR) is 83.5 cm³/mol. The van der Waals surface area contributed by atoms with Gasteiger partial charge in [-0.2, -0.15) is 0 Å². The Labute approximate surface area is 134 Å².